The lowest BCUT2D eigenvalue weighted by Gasteiger charge is -2.00. The fourth-order valence-electron chi connectivity index (χ4n) is 1.61. The number of hydrogen-bond acceptors (Lipinski definition) is 3. The number of unbranched alkanes of at least 4 members (excludes halogenated alkanes) is 8. The highest BCUT2D eigenvalue weighted by atomic mass is 19.4. The zero-order valence-corrected chi connectivity index (χ0v) is 15.5. The van der Waals surface area contributed by atoms with Crippen LogP contribution in [0.3, 0.4) is 0 Å². The highest BCUT2D eigenvalue weighted by Gasteiger charge is 2.38. The standard InChI is InChI=1S/C12H25NO.2C2HF3O2/c1-2-3-4-5-6-7-8-9-10-11-12(13)14;2*3-2(4,5)1(6)7/h2-11H2,1H3,(H2,13,14);2*(H,6,7). The van der Waals surface area contributed by atoms with Gasteiger partial charge < -0.3 is 15.9 Å². The van der Waals surface area contributed by atoms with Crippen LogP contribution < -0.4 is 5.73 Å². The summed E-state index contributed by atoms with van der Waals surface area (Å²) in [7, 11) is 0. The normalized spacial score (nSPS) is 10.8. The number of carboxylic acid groups (broad SMARTS) is 2. The Kier molecular flexibility index (Phi) is 18.8. The van der Waals surface area contributed by atoms with E-state index in [-0.39, 0.29) is 5.91 Å². The van der Waals surface area contributed by atoms with Crippen LogP contribution in [0, 0.1) is 0 Å². The molecule has 1 amide bonds. The van der Waals surface area contributed by atoms with Crippen LogP contribution in [0.15, 0.2) is 0 Å². The molecule has 6 nitrogen and oxygen atoms in total. The minimum absolute atomic E-state index is 0.159. The van der Waals surface area contributed by atoms with E-state index in [2.05, 4.69) is 6.92 Å². The van der Waals surface area contributed by atoms with E-state index in [4.69, 9.17) is 25.5 Å². The lowest BCUT2D eigenvalue weighted by atomic mass is 10.1. The van der Waals surface area contributed by atoms with Crippen LogP contribution in [-0.2, 0) is 14.4 Å². The van der Waals surface area contributed by atoms with E-state index >= 15 is 0 Å². The van der Waals surface area contributed by atoms with Crippen LogP contribution in [0.4, 0.5) is 26.3 Å². The van der Waals surface area contributed by atoms with Gasteiger partial charge in [0.2, 0.25) is 5.91 Å². The van der Waals surface area contributed by atoms with Gasteiger partial charge in [-0.25, -0.2) is 9.59 Å². The summed E-state index contributed by atoms with van der Waals surface area (Å²) >= 11 is 0. The van der Waals surface area contributed by atoms with Crippen molar-refractivity contribution in [2.24, 2.45) is 5.73 Å². The van der Waals surface area contributed by atoms with Crippen molar-refractivity contribution in [3.05, 3.63) is 0 Å². The van der Waals surface area contributed by atoms with E-state index in [1.807, 2.05) is 0 Å². The van der Waals surface area contributed by atoms with Gasteiger partial charge >= 0.3 is 24.3 Å². The molecule has 0 aliphatic heterocycles. The van der Waals surface area contributed by atoms with Gasteiger partial charge in [0.25, 0.3) is 0 Å². The predicted molar refractivity (Wildman–Crippen MR) is 88.4 cm³/mol. The van der Waals surface area contributed by atoms with Crippen molar-refractivity contribution in [2.45, 2.75) is 83.5 Å². The van der Waals surface area contributed by atoms with Crippen molar-refractivity contribution in [1.29, 1.82) is 0 Å². The van der Waals surface area contributed by atoms with Gasteiger partial charge in [0.15, 0.2) is 0 Å². The maximum Gasteiger partial charge on any atom is 0.490 e. The zero-order chi connectivity index (χ0) is 22.8. The van der Waals surface area contributed by atoms with E-state index in [1.54, 1.807) is 0 Å². The van der Waals surface area contributed by atoms with Gasteiger partial charge in [0, 0.05) is 6.42 Å². The number of carboxylic acids is 2. The predicted octanol–water partition coefficient (Wildman–Crippen LogP) is 4.66. The number of hydrogen-bond donors (Lipinski definition) is 3. The fraction of sp³-hybridized carbons (Fsp3) is 0.812. The zero-order valence-electron chi connectivity index (χ0n) is 15.5. The first-order valence-electron chi connectivity index (χ1n) is 8.54. The van der Waals surface area contributed by atoms with Gasteiger partial charge in [-0.05, 0) is 6.42 Å². The largest absolute Gasteiger partial charge is 0.490 e. The second kappa shape index (κ2) is 17.1. The van der Waals surface area contributed by atoms with Gasteiger partial charge in [0.1, 0.15) is 0 Å². The van der Waals surface area contributed by atoms with Crippen molar-refractivity contribution in [3.63, 3.8) is 0 Å². The highest BCUT2D eigenvalue weighted by molar-refractivity contribution is 5.73. The molecule has 0 radical (unpaired) electrons. The Morgan fingerprint density at radius 3 is 1.14 bits per heavy atom. The molecule has 4 N–H and O–H groups in total. The van der Waals surface area contributed by atoms with E-state index in [0.29, 0.717) is 6.42 Å². The molecule has 0 fully saturated rings. The molecule has 0 aromatic rings. The minimum atomic E-state index is -5.08. The minimum Gasteiger partial charge on any atom is -0.475 e. The second-order valence-corrected chi connectivity index (χ2v) is 5.65. The number of primary amides is 1. The van der Waals surface area contributed by atoms with Crippen LogP contribution >= 0.6 is 0 Å². The average Bonchev–Trinajstić information content (AvgIpc) is 2.52. The summed E-state index contributed by atoms with van der Waals surface area (Å²) in [5, 5.41) is 14.2. The van der Waals surface area contributed by atoms with E-state index in [9.17, 15) is 31.1 Å². The average molecular weight is 427 g/mol. The molecule has 0 unspecified atom stereocenters. The van der Waals surface area contributed by atoms with Crippen LogP contribution in [0.25, 0.3) is 0 Å². The second-order valence-electron chi connectivity index (χ2n) is 5.65. The molecule has 0 saturated heterocycles. The van der Waals surface area contributed by atoms with Crippen molar-refractivity contribution in [2.75, 3.05) is 0 Å². The molecule has 0 aromatic carbocycles. The summed E-state index contributed by atoms with van der Waals surface area (Å²) in [6, 6.07) is 0. The Balaban J connectivity index is -0.000000375. The first-order valence-corrected chi connectivity index (χ1v) is 8.54. The summed E-state index contributed by atoms with van der Waals surface area (Å²) in [5.74, 6) is -5.67. The molecule has 0 aliphatic rings. The Bertz CT molecular complexity index is 414. The molecule has 0 heterocycles. The number of aliphatic carboxylic acids is 2. The number of carbonyl (C=O) groups is 3. The molecular formula is C16H27F6NO5. The number of carbonyl (C=O) groups excluding carboxylic acids is 1. The van der Waals surface area contributed by atoms with Crippen LogP contribution in [0.1, 0.15) is 71.1 Å². The Morgan fingerprint density at radius 1 is 0.679 bits per heavy atom. The van der Waals surface area contributed by atoms with Crippen LogP contribution in [0.5, 0.6) is 0 Å². The Morgan fingerprint density at radius 2 is 0.929 bits per heavy atom. The molecule has 0 spiro atoms. The number of nitrogens with two attached hydrogens (primary N) is 1. The maximum atomic E-state index is 10.6. The molecule has 0 bridgehead atoms. The van der Waals surface area contributed by atoms with Crippen LogP contribution in [-0.4, -0.2) is 40.4 Å². The third-order valence-electron chi connectivity index (χ3n) is 3.01. The molecule has 28 heavy (non-hydrogen) atoms. The summed E-state index contributed by atoms with van der Waals surface area (Å²) in [4.78, 5) is 28.2. The lowest BCUT2D eigenvalue weighted by molar-refractivity contribution is -0.193. The quantitative estimate of drug-likeness (QED) is 0.346. The molecule has 12 heteroatoms. The van der Waals surface area contributed by atoms with Crippen molar-refractivity contribution >= 4 is 17.8 Å². The monoisotopic (exact) mass is 427 g/mol. The molecular weight excluding hydrogens is 400 g/mol. The third-order valence-corrected chi connectivity index (χ3v) is 3.01. The molecule has 0 atom stereocenters. The molecule has 0 saturated carbocycles. The molecule has 168 valence electrons. The van der Waals surface area contributed by atoms with Crippen molar-refractivity contribution in [3.8, 4) is 0 Å². The SMILES string of the molecule is CCCCCCCCCCCC(N)=O.O=C(O)C(F)(F)F.O=C(O)C(F)(F)F. The summed E-state index contributed by atoms with van der Waals surface area (Å²) in [6.45, 7) is 2.24. The highest BCUT2D eigenvalue weighted by Crippen LogP contribution is 2.13. The Labute approximate surface area is 159 Å². The number of amides is 1. The van der Waals surface area contributed by atoms with Gasteiger partial charge in [-0.2, -0.15) is 26.3 Å². The molecule has 0 aromatic heterocycles. The van der Waals surface area contributed by atoms with Crippen LogP contribution in [0.2, 0.25) is 0 Å². The Hall–Kier alpha value is -2.01. The van der Waals surface area contributed by atoms with E-state index < -0.39 is 24.3 Å². The summed E-state index contributed by atoms with van der Waals surface area (Å²) < 4.78 is 63.5. The summed E-state index contributed by atoms with van der Waals surface area (Å²) in [5.41, 5.74) is 5.05. The van der Waals surface area contributed by atoms with Crippen molar-refractivity contribution in [1.82, 2.24) is 0 Å². The van der Waals surface area contributed by atoms with Gasteiger partial charge in [-0.1, -0.05) is 58.3 Å². The first kappa shape index (κ1) is 30.7. The molecule has 0 rings (SSSR count). The first-order chi connectivity index (χ1) is 12.7. The third kappa shape index (κ3) is 28.8. The topological polar surface area (TPSA) is 118 Å². The van der Waals surface area contributed by atoms with Crippen molar-refractivity contribution < 1.29 is 50.9 Å². The van der Waals surface area contributed by atoms with Gasteiger partial charge in [-0.3, -0.25) is 4.79 Å². The molecule has 0 aliphatic carbocycles. The number of halogens is 6. The maximum absolute atomic E-state index is 10.6. The smallest absolute Gasteiger partial charge is 0.475 e. The van der Waals surface area contributed by atoms with E-state index in [0.717, 1.165) is 12.8 Å². The van der Waals surface area contributed by atoms with E-state index in [1.165, 1.54) is 44.9 Å². The summed E-state index contributed by atoms with van der Waals surface area (Å²) in [6.07, 6.45) is 1.94. The lowest BCUT2D eigenvalue weighted by Crippen LogP contribution is -2.21. The van der Waals surface area contributed by atoms with Gasteiger partial charge in [0.05, 0.1) is 0 Å². The number of alkyl halides is 6. The fourth-order valence-corrected chi connectivity index (χ4v) is 1.61. The number of rotatable bonds is 10. The van der Waals surface area contributed by atoms with Gasteiger partial charge in [-0.15, -0.1) is 0 Å².